The summed E-state index contributed by atoms with van der Waals surface area (Å²) in [5.41, 5.74) is 1.35. The Bertz CT molecular complexity index is 1190. The van der Waals surface area contributed by atoms with Crippen molar-refractivity contribution >= 4 is 34.0 Å². The molecule has 4 rings (SSSR count). The molecule has 0 saturated carbocycles. The van der Waals surface area contributed by atoms with Crippen LogP contribution in [-0.2, 0) is 0 Å². The zero-order valence-electron chi connectivity index (χ0n) is 20.0. The maximum Gasteiger partial charge on any atom is 0.215 e. The van der Waals surface area contributed by atoms with E-state index in [4.69, 9.17) is 32.2 Å². The SMILES string of the molecule is C#CCN1CCN(CCCOc2cc3ncnc(Nc4cc(OC)ncc4Cl)c3cc2OC)CC1. The van der Waals surface area contributed by atoms with Gasteiger partial charge in [-0.3, -0.25) is 4.90 Å². The average Bonchev–Trinajstić information content (AvgIpc) is 2.88. The van der Waals surface area contributed by atoms with Crippen LogP contribution in [0.3, 0.4) is 0 Å². The number of benzene rings is 1. The molecule has 1 aliphatic heterocycles. The predicted molar refractivity (Wildman–Crippen MR) is 137 cm³/mol. The fourth-order valence-electron chi connectivity index (χ4n) is 3.96. The second-order valence-electron chi connectivity index (χ2n) is 8.10. The van der Waals surface area contributed by atoms with E-state index in [0.717, 1.165) is 56.6 Å². The normalized spacial score (nSPS) is 14.5. The molecule has 35 heavy (non-hydrogen) atoms. The zero-order chi connectivity index (χ0) is 24.6. The fraction of sp³-hybridized carbons (Fsp3) is 0.400. The molecule has 1 aliphatic rings. The largest absolute Gasteiger partial charge is 0.493 e. The van der Waals surface area contributed by atoms with Gasteiger partial charge in [0.25, 0.3) is 0 Å². The van der Waals surface area contributed by atoms with Gasteiger partial charge in [0, 0.05) is 50.2 Å². The highest BCUT2D eigenvalue weighted by atomic mass is 35.5. The number of aromatic nitrogens is 3. The van der Waals surface area contributed by atoms with E-state index in [1.54, 1.807) is 20.3 Å². The summed E-state index contributed by atoms with van der Waals surface area (Å²) >= 11 is 6.30. The van der Waals surface area contributed by atoms with Gasteiger partial charge in [0.05, 0.1) is 49.8 Å². The first-order valence-corrected chi connectivity index (χ1v) is 11.8. The summed E-state index contributed by atoms with van der Waals surface area (Å²) in [6.07, 6.45) is 9.34. The van der Waals surface area contributed by atoms with E-state index in [1.165, 1.54) is 12.5 Å². The van der Waals surface area contributed by atoms with Crippen LogP contribution in [0.25, 0.3) is 10.9 Å². The van der Waals surface area contributed by atoms with E-state index in [-0.39, 0.29) is 0 Å². The lowest BCUT2D eigenvalue weighted by atomic mass is 10.2. The number of nitrogens with zero attached hydrogens (tertiary/aromatic N) is 5. The summed E-state index contributed by atoms with van der Waals surface area (Å²) in [7, 11) is 3.17. The summed E-state index contributed by atoms with van der Waals surface area (Å²) in [5.74, 6) is 5.00. The van der Waals surface area contributed by atoms with Crippen molar-refractivity contribution in [3.8, 4) is 29.7 Å². The Morgan fingerprint density at radius 3 is 2.57 bits per heavy atom. The summed E-state index contributed by atoms with van der Waals surface area (Å²) in [6, 6.07) is 5.44. The first kappa shape index (κ1) is 24.8. The van der Waals surface area contributed by atoms with Gasteiger partial charge in [-0.05, 0) is 12.5 Å². The summed E-state index contributed by atoms with van der Waals surface area (Å²) in [5, 5.41) is 4.46. The third kappa shape index (κ3) is 6.22. The molecule has 1 fully saturated rings. The number of hydrogen-bond donors (Lipinski definition) is 1. The van der Waals surface area contributed by atoms with Gasteiger partial charge in [0.15, 0.2) is 11.5 Å². The molecule has 0 unspecified atom stereocenters. The predicted octanol–water partition coefficient (Wildman–Crippen LogP) is 3.46. The molecule has 0 amide bonds. The second-order valence-corrected chi connectivity index (χ2v) is 8.51. The van der Waals surface area contributed by atoms with Crippen LogP contribution < -0.4 is 19.5 Å². The molecular weight excluding hydrogens is 468 g/mol. The second kappa shape index (κ2) is 11.9. The van der Waals surface area contributed by atoms with Crippen LogP contribution >= 0.6 is 11.6 Å². The standard InChI is InChI=1S/C25H29ClN6O3/c1-4-6-31-8-10-32(11-9-31)7-5-12-35-23-14-20-18(13-22(23)33-2)25(29-17-28-20)30-21-15-24(34-3)27-16-19(21)26/h1,13-17H,5-12H2,2-3H3,(H,27,28,29,30). The summed E-state index contributed by atoms with van der Waals surface area (Å²) in [6.45, 7) is 6.36. The molecule has 3 aromatic rings. The molecule has 0 atom stereocenters. The number of terminal acetylenes is 1. The number of halogens is 1. The molecule has 2 aromatic heterocycles. The highest BCUT2D eigenvalue weighted by molar-refractivity contribution is 6.33. The Balaban J connectivity index is 1.42. The zero-order valence-corrected chi connectivity index (χ0v) is 20.7. The molecule has 184 valence electrons. The van der Waals surface area contributed by atoms with E-state index in [9.17, 15) is 0 Å². The molecule has 1 aromatic carbocycles. The molecule has 10 heteroatoms. The molecule has 0 spiro atoms. The number of anilines is 2. The molecule has 3 heterocycles. The van der Waals surface area contributed by atoms with Gasteiger partial charge in [-0.15, -0.1) is 6.42 Å². The Kier molecular flexibility index (Phi) is 8.42. The topological polar surface area (TPSA) is 84.9 Å². The van der Waals surface area contributed by atoms with Crippen molar-refractivity contribution in [1.82, 2.24) is 24.8 Å². The first-order valence-electron chi connectivity index (χ1n) is 11.4. The number of methoxy groups -OCH3 is 2. The summed E-state index contributed by atoms with van der Waals surface area (Å²) < 4.78 is 16.9. The van der Waals surface area contributed by atoms with Crippen LogP contribution in [0.5, 0.6) is 17.4 Å². The highest BCUT2D eigenvalue weighted by Gasteiger charge is 2.16. The number of pyridine rings is 1. The van der Waals surface area contributed by atoms with Gasteiger partial charge in [0.2, 0.25) is 5.88 Å². The molecule has 0 radical (unpaired) electrons. The van der Waals surface area contributed by atoms with Crippen LogP contribution in [0, 0.1) is 12.3 Å². The van der Waals surface area contributed by atoms with Crippen molar-refractivity contribution in [1.29, 1.82) is 0 Å². The van der Waals surface area contributed by atoms with E-state index in [1.807, 2.05) is 12.1 Å². The minimum absolute atomic E-state index is 0.443. The van der Waals surface area contributed by atoms with E-state index < -0.39 is 0 Å². The molecule has 1 N–H and O–H groups in total. The third-order valence-electron chi connectivity index (χ3n) is 5.87. The highest BCUT2D eigenvalue weighted by Crippen LogP contribution is 2.36. The third-order valence-corrected chi connectivity index (χ3v) is 6.17. The van der Waals surface area contributed by atoms with Gasteiger partial charge in [-0.25, -0.2) is 15.0 Å². The number of nitrogens with one attached hydrogen (secondary N) is 1. The van der Waals surface area contributed by atoms with Crippen LogP contribution in [0.15, 0.2) is 30.7 Å². The fourth-order valence-corrected chi connectivity index (χ4v) is 4.11. The Labute approximate surface area is 210 Å². The maximum absolute atomic E-state index is 6.30. The van der Waals surface area contributed by atoms with E-state index in [2.05, 4.69) is 36.0 Å². The first-order chi connectivity index (χ1) is 17.1. The number of piperazine rings is 1. The van der Waals surface area contributed by atoms with Crippen LogP contribution in [0.2, 0.25) is 5.02 Å². The van der Waals surface area contributed by atoms with Gasteiger partial charge in [-0.2, -0.15) is 0 Å². The van der Waals surface area contributed by atoms with Gasteiger partial charge < -0.3 is 24.4 Å². The average molecular weight is 497 g/mol. The number of hydrogen-bond acceptors (Lipinski definition) is 9. The quantitative estimate of drug-likeness (QED) is 0.335. The minimum Gasteiger partial charge on any atom is -0.493 e. The van der Waals surface area contributed by atoms with Crippen molar-refractivity contribution in [3.63, 3.8) is 0 Å². The lowest BCUT2D eigenvalue weighted by molar-refractivity contribution is 0.136. The maximum atomic E-state index is 6.30. The smallest absolute Gasteiger partial charge is 0.215 e. The van der Waals surface area contributed by atoms with Crippen molar-refractivity contribution in [2.24, 2.45) is 0 Å². The molecular formula is C25H29ClN6O3. The van der Waals surface area contributed by atoms with E-state index in [0.29, 0.717) is 40.5 Å². The van der Waals surface area contributed by atoms with Gasteiger partial charge in [0.1, 0.15) is 12.1 Å². The Hall–Kier alpha value is -3.32. The number of fused-ring (bicyclic) bond motifs is 1. The van der Waals surface area contributed by atoms with Crippen molar-refractivity contribution in [2.45, 2.75) is 6.42 Å². The lowest BCUT2D eigenvalue weighted by Crippen LogP contribution is -2.46. The minimum atomic E-state index is 0.443. The molecule has 0 aliphatic carbocycles. The summed E-state index contributed by atoms with van der Waals surface area (Å²) in [4.78, 5) is 17.7. The molecule has 0 bridgehead atoms. The van der Waals surface area contributed by atoms with Gasteiger partial charge >= 0.3 is 0 Å². The number of ether oxygens (including phenoxy) is 3. The monoisotopic (exact) mass is 496 g/mol. The van der Waals surface area contributed by atoms with Crippen molar-refractivity contribution in [3.05, 3.63) is 35.7 Å². The van der Waals surface area contributed by atoms with Crippen molar-refractivity contribution in [2.75, 3.05) is 65.4 Å². The van der Waals surface area contributed by atoms with Gasteiger partial charge in [-0.1, -0.05) is 17.5 Å². The Morgan fingerprint density at radius 1 is 1.03 bits per heavy atom. The molecule has 1 saturated heterocycles. The van der Waals surface area contributed by atoms with E-state index >= 15 is 0 Å². The van der Waals surface area contributed by atoms with Crippen LogP contribution in [-0.4, -0.2) is 84.8 Å². The van der Waals surface area contributed by atoms with Crippen LogP contribution in [0.4, 0.5) is 11.5 Å². The Morgan fingerprint density at radius 2 is 1.83 bits per heavy atom. The van der Waals surface area contributed by atoms with Crippen LogP contribution in [0.1, 0.15) is 6.42 Å². The number of rotatable bonds is 10. The van der Waals surface area contributed by atoms with Crippen molar-refractivity contribution < 1.29 is 14.2 Å². The lowest BCUT2D eigenvalue weighted by Gasteiger charge is -2.33. The molecule has 9 nitrogen and oxygen atoms in total.